The van der Waals surface area contributed by atoms with Crippen LogP contribution in [0.3, 0.4) is 0 Å². The SMILES string of the molecule is Cc1c(NC(=O)CN2C(=O)c3ccc(Br)cc3C2=O)c(=O)n(-c2ccccc2)n1C. The molecular weight excluding hydrogens is 452 g/mol. The fourth-order valence-corrected chi connectivity index (χ4v) is 3.80. The number of nitrogens with one attached hydrogen (secondary N) is 1. The van der Waals surface area contributed by atoms with Crippen LogP contribution in [0.5, 0.6) is 0 Å². The summed E-state index contributed by atoms with van der Waals surface area (Å²) in [6, 6.07) is 13.8. The average molecular weight is 469 g/mol. The molecule has 1 aliphatic rings. The van der Waals surface area contributed by atoms with E-state index in [1.165, 1.54) is 10.7 Å². The van der Waals surface area contributed by atoms with Gasteiger partial charge in [-0.3, -0.25) is 28.8 Å². The number of carbonyl (C=O) groups is 3. The Balaban J connectivity index is 1.58. The molecular formula is C21H17BrN4O4. The lowest BCUT2D eigenvalue weighted by Crippen LogP contribution is -2.38. The van der Waals surface area contributed by atoms with Crippen LogP contribution in [0.25, 0.3) is 5.69 Å². The van der Waals surface area contributed by atoms with Crippen LogP contribution in [0.1, 0.15) is 26.4 Å². The molecule has 0 bridgehead atoms. The maximum atomic E-state index is 12.9. The van der Waals surface area contributed by atoms with Gasteiger partial charge >= 0.3 is 0 Å². The fourth-order valence-electron chi connectivity index (χ4n) is 3.44. The molecule has 8 nitrogen and oxygen atoms in total. The molecule has 0 saturated heterocycles. The van der Waals surface area contributed by atoms with Crippen molar-refractivity contribution in [2.24, 2.45) is 7.05 Å². The standard InChI is InChI=1S/C21H17BrN4O4/c1-12-18(21(30)26(24(12)2)14-6-4-3-5-7-14)23-17(27)11-25-19(28)15-9-8-13(22)10-16(15)20(25)29/h3-10H,11H2,1-2H3,(H,23,27). The van der Waals surface area contributed by atoms with E-state index in [-0.39, 0.29) is 16.8 Å². The summed E-state index contributed by atoms with van der Waals surface area (Å²) in [7, 11) is 1.71. The smallest absolute Gasteiger partial charge is 0.295 e. The number of imide groups is 1. The molecule has 4 rings (SSSR count). The molecule has 1 aromatic heterocycles. The molecule has 0 atom stereocenters. The van der Waals surface area contributed by atoms with E-state index in [0.29, 0.717) is 15.9 Å². The van der Waals surface area contributed by atoms with Gasteiger partial charge in [0.25, 0.3) is 17.4 Å². The summed E-state index contributed by atoms with van der Waals surface area (Å²) in [5.41, 5.74) is 1.39. The third-order valence-electron chi connectivity index (χ3n) is 5.05. The van der Waals surface area contributed by atoms with E-state index in [1.807, 2.05) is 18.2 Å². The number of aromatic nitrogens is 2. The van der Waals surface area contributed by atoms with Gasteiger partial charge in [-0.1, -0.05) is 34.1 Å². The topological polar surface area (TPSA) is 93.4 Å². The Labute approximate surface area is 179 Å². The Bertz CT molecular complexity index is 1260. The highest BCUT2D eigenvalue weighted by Crippen LogP contribution is 2.26. The lowest BCUT2D eigenvalue weighted by molar-refractivity contribution is -0.116. The summed E-state index contributed by atoms with van der Waals surface area (Å²) < 4.78 is 3.73. The third-order valence-corrected chi connectivity index (χ3v) is 5.55. The van der Waals surface area contributed by atoms with Gasteiger partial charge < -0.3 is 5.32 Å². The molecule has 0 aliphatic carbocycles. The number of halogens is 1. The van der Waals surface area contributed by atoms with Gasteiger partial charge in [0.2, 0.25) is 5.91 Å². The van der Waals surface area contributed by atoms with Crippen LogP contribution < -0.4 is 10.9 Å². The molecule has 152 valence electrons. The van der Waals surface area contributed by atoms with E-state index in [9.17, 15) is 19.2 Å². The summed E-state index contributed by atoms with van der Waals surface area (Å²) in [5.74, 6) is -1.71. The number of amides is 3. The number of anilines is 1. The Morgan fingerprint density at radius 1 is 1.00 bits per heavy atom. The molecule has 1 N–H and O–H groups in total. The first kappa shape index (κ1) is 19.8. The molecule has 0 fully saturated rings. The number of carbonyl (C=O) groups excluding carboxylic acids is 3. The van der Waals surface area contributed by atoms with E-state index >= 15 is 0 Å². The van der Waals surface area contributed by atoms with Gasteiger partial charge in [-0.05, 0) is 37.3 Å². The predicted octanol–water partition coefficient (Wildman–Crippen LogP) is 2.48. The zero-order valence-corrected chi connectivity index (χ0v) is 17.8. The van der Waals surface area contributed by atoms with E-state index in [2.05, 4.69) is 21.2 Å². The molecule has 0 unspecified atom stereocenters. The molecule has 30 heavy (non-hydrogen) atoms. The Morgan fingerprint density at radius 2 is 1.67 bits per heavy atom. The van der Waals surface area contributed by atoms with E-state index in [4.69, 9.17) is 0 Å². The quantitative estimate of drug-likeness (QED) is 0.595. The average Bonchev–Trinajstić information content (AvgIpc) is 3.08. The number of nitrogens with zero attached hydrogens (tertiary/aromatic N) is 3. The molecule has 2 aromatic carbocycles. The van der Waals surface area contributed by atoms with Gasteiger partial charge in [0, 0.05) is 11.5 Å². The third kappa shape index (κ3) is 3.17. The Kier molecular flexibility index (Phi) is 4.90. The first-order valence-electron chi connectivity index (χ1n) is 9.09. The fraction of sp³-hybridized carbons (Fsp3) is 0.143. The van der Waals surface area contributed by atoms with E-state index < -0.39 is 29.8 Å². The van der Waals surface area contributed by atoms with Gasteiger partial charge in [0.15, 0.2) is 0 Å². The lowest BCUT2D eigenvalue weighted by atomic mass is 10.1. The predicted molar refractivity (Wildman–Crippen MR) is 114 cm³/mol. The first-order chi connectivity index (χ1) is 14.3. The van der Waals surface area contributed by atoms with Crippen LogP contribution >= 0.6 is 15.9 Å². The minimum absolute atomic E-state index is 0.103. The second-order valence-electron chi connectivity index (χ2n) is 6.87. The second-order valence-corrected chi connectivity index (χ2v) is 7.79. The largest absolute Gasteiger partial charge is 0.318 e. The van der Waals surface area contributed by atoms with Gasteiger partial charge in [0.05, 0.1) is 22.5 Å². The minimum Gasteiger partial charge on any atom is -0.318 e. The number of fused-ring (bicyclic) bond motifs is 1. The first-order valence-corrected chi connectivity index (χ1v) is 9.88. The van der Waals surface area contributed by atoms with Crippen LogP contribution in [0.2, 0.25) is 0 Å². The summed E-state index contributed by atoms with van der Waals surface area (Å²) in [5, 5.41) is 2.57. The van der Waals surface area contributed by atoms with Crippen LogP contribution in [0.4, 0.5) is 5.69 Å². The van der Waals surface area contributed by atoms with Crippen molar-refractivity contribution in [2.45, 2.75) is 6.92 Å². The normalized spacial score (nSPS) is 13.0. The summed E-state index contributed by atoms with van der Waals surface area (Å²) >= 11 is 3.27. The van der Waals surface area contributed by atoms with E-state index in [1.54, 1.807) is 42.9 Å². The molecule has 9 heteroatoms. The highest BCUT2D eigenvalue weighted by Gasteiger charge is 2.37. The highest BCUT2D eigenvalue weighted by atomic mass is 79.9. The lowest BCUT2D eigenvalue weighted by Gasteiger charge is -2.13. The minimum atomic E-state index is -0.630. The maximum Gasteiger partial charge on any atom is 0.295 e. The zero-order chi connectivity index (χ0) is 21.6. The molecule has 0 spiro atoms. The summed E-state index contributed by atoms with van der Waals surface area (Å²) in [6.07, 6.45) is 0. The molecule has 3 aromatic rings. The molecule has 0 radical (unpaired) electrons. The van der Waals surface area contributed by atoms with E-state index in [0.717, 1.165) is 4.90 Å². The summed E-state index contributed by atoms with van der Waals surface area (Å²) in [6.45, 7) is 1.22. The monoisotopic (exact) mass is 468 g/mol. The Morgan fingerprint density at radius 3 is 2.37 bits per heavy atom. The zero-order valence-electron chi connectivity index (χ0n) is 16.2. The van der Waals surface area contributed by atoms with Crippen LogP contribution in [0.15, 0.2) is 57.8 Å². The molecule has 1 aliphatic heterocycles. The van der Waals surface area contributed by atoms with Crippen molar-refractivity contribution in [3.8, 4) is 5.69 Å². The number of rotatable bonds is 4. The second kappa shape index (κ2) is 7.42. The molecule has 3 amide bonds. The maximum absolute atomic E-state index is 12.9. The van der Waals surface area contributed by atoms with Crippen molar-refractivity contribution >= 4 is 39.3 Å². The van der Waals surface area contributed by atoms with Crippen molar-refractivity contribution < 1.29 is 14.4 Å². The Hall–Kier alpha value is -3.46. The number of benzene rings is 2. The van der Waals surface area contributed by atoms with Crippen molar-refractivity contribution in [1.82, 2.24) is 14.3 Å². The van der Waals surface area contributed by atoms with Crippen molar-refractivity contribution in [1.29, 1.82) is 0 Å². The van der Waals surface area contributed by atoms with Gasteiger partial charge in [0.1, 0.15) is 12.2 Å². The van der Waals surface area contributed by atoms with Crippen LogP contribution in [-0.2, 0) is 11.8 Å². The number of hydrogen-bond acceptors (Lipinski definition) is 4. The van der Waals surface area contributed by atoms with Crippen molar-refractivity contribution in [3.63, 3.8) is 0 Å². The van der Waals surface area contributed by atoms with Gasteiger partial charge in [-0.15, -0.1) is 0 Å². The van der Waals surface area contributed by atoms with Gasteiger partial charge in [-0.25, -0.2) is 4.68 Å². The summed E-state index contributed by atoms with van der Waals surface area (Å²) in [4.78, 5) is 51.5. The van der Waals surface area contributed by atoms with Crippen molar-refractivity contribution in [3.05, 3.63) is 80.2 Å². The van der Waals surface area contributed by atoms with Crippen molar-refractivity contribution in [2.75, 3.05) is 11.9 Å². The number of para-hydroxylation sites is 1. The van der Waals surface area contributed by atoms with Crippen LogP contribution in [-0.4, -0.2) is 38.5 Å². The molecule has 0 saturated carbocycles. The molecule has 2 heterocycles. The van der Waals surface area contributed by atoms with Crippen LogP contribution in [0, 0.1) is 6.92 Å². The van der Waals surface area contributed by atoms with Gasteiger partial charge in [-0.2, -0.15) is 0 Å². The highest BCUT2D eigenvalue weighted by molar-refractivity contribution is 9.10. The number of hydrogen-bond donors (Lipinski definition) is 1.